The highest BCUT2D eigenvalue weighted by Crippen LogP contribution is 2.17. The zero-order chi connectivity index (χ0) is 11.3. The summed E-state index contributed by atoms with van der Waals surface area (Å²) in [6, 6.07) is 6.13. The van der Waals surface area contributed by atoms with Gasteiger partial charge in [-0.1, -0.05) is 30.7 Å². The summed E-state index contributed by atoms with van der Waals surface area (Å²) in [6.07, 6.45) is 0. The van der Waals surface area contributed by atoms with Gasteiger partial charge in [-0.3, -0.25) is 0 Å². The van der Waals surface area contributed by atoms with Crippen molar-refractivity contribution in [2.45, 2.75) is 20.4 Å². The highest BCUT2D eigenvalue weighted by atomic mass is 35.5. The summed E-state index contributed by atoms with van der Waals surface area (Å²) in [4.78, 5) is 0. The normalized spacial score (nSPS) is 12.8. The van der Waals surface area contributed by atoms with Crippen molar-refractivity contribution < 1.29 is 0 Å². The van der Waals surface area contributed by atoms with Gasteiger partial charge in [0, 0.05) is 17.4 Å². The van der Waals surface area contributed by atoms with E-state index >= 15 is 0 Å². The van der Waals surface area contributed by atoms with Gasteiger partial charge in [0.25, 0.3) is 0 Å². The molecule has 1 nitrogen and oxygen atoms in total. The lowest BCUT2D eigenvalue weighted by Crippen LogP contribution is -2.21. The van der Waals surface area contributed by atoms with Crippen LogP contribution in [0.4, 0.5) is 0 Å². The summed E-state index contributed by atoms with van der Waals surface area (Å²) in [7, 11) is 0. The summed E-state index contributed by atoms with van der Waals surface area (Å²) in [5, 5.41) is 4.18. The molecule has 0 spiro atoms. The molecule has 0 radical (unpaired) electrons. The van der Waals surface area contributed by atoms with Crippen LogP contribution in [0.3, 0.4) is 0 Å². The Hall–Kier alpha value is -0.240. The molecule has 84 valence electrons. The molecule has 1 aromatic carbocycles. The van der Waals surface area contributed by atoms with E-state index in [4.69, 9.17) is 23.2 Å². The third-order valence-corrected chi connectivity index (χ3v) is 3.16. The Morgan fingerprint density at radius 1 is 1.40 bits per heavy atom. The van der Waals surface area contributed by atoms with Gasteiger partial charge in [-0.2, -0.15) is 0 Å². The van der Waals surface area contributed by atoms with Crippen LogP contribution in [0.5, 0.6) is 0 Å². The first-order valence-corrected chi connectivity index (χ1v) is 6.06. The molecule has 0 aliphatic heterocycles. The number of halogens is 2. The minimum Gasteiger partial charge on any atom is -0.312 e. The second kappa shape index (κ2) is 6.37. The molecule has 0 saturated carbocycles. The van der Waals surface area contributed by atoms with Gasteiger partial charge >= 0.3 is 0 Å². The van der Waals surface area contributed by atoms with Gasteiger partial charge in [-0.05, 0) is 36.6 Å². The van der Waals surface area contributed by atoms with E-state index in [9.17, 15) is 0 Å². The van der Waals surface area contributed by atoms with E-state index in [1.807, 2.05) is 13.0 Å². The van der Waals surface area contributed by atoms with E-state index in [2.05, 4.69) is 24.4 Å². The number of hydrogen-bond acceptors (Lipinski definition) is 1. The zero-order valence-electron chi connectivity index (χ0n) is 9.19. The van der Waals surface area contributed by atoms with Gasteiger partial charge in [0.1, 0.15) is 0 Å². The van der Waals surface area contributed by atoms with Crippen LogP contribution in [0.2, 0.25) is 5.02 Å². The number of aryl methyl sites for hydroxylation is 1. The van der Waals surface area contributed by atoms with Crippen LogP contribution in [0.1, 0.15) is 18.1 Å². The van der Waals surface area contributed by atoms with Crippen molar-refractivity contribution in [2.24, 2.45) is 5.92 Å². The molecule has 1 atom stereocenters. The van der Waals surface area contributed by atoms with E-state index in [0.29, 0.717) is 11.8 Å². The maximum absolute atomic E-state index is 6.11. The molecule has 0 aliphatic rings. The Labute approximate surface area is 102 Å². The summed E-state index contributed by atoms with van der Waals surface area (Å²) in [5.74, 6) is 1.19. The fourth-order valence-electron chi connectivity index (χ4n) is 1.30. The van der Waals surface area contributed by atoms with Gasteiger partial charge in [-0.15, -0.1) is 11.6 Å². The second-order valence-electron chi connectivity index (χ2n) is 3.99. The standard InChI is InChI=1S/C12H17Cl2N/c1-9-3-4-11(12(14)5-9)8-15-7-10(2)6-13/h3-5,10,15H,6-8H2,1-2H3. The van der Waals surface area contributed by atoms with Gasteiger partial charge in [0.2, 0.25) is 0 Å². The molecule has 0 aliphatic carbocycles. The average molecular weight is 246 g/mol. The Kier molecular flexibility index (Phi) is 5.44. The van der Waals surface area contributed by atoms with Crippen molar-refractivity contribution in [1.29, 1.82) is 0 Å². The lowest BCUT2D eigenvalue weighted by atomic mass is 10.1. The SMILES string of the molecule is Cc1ccc(CNCC(C)CCl)c(Cl)c1. The molecular formula is C12H17Cl2N. The molecule has 0 amide bonds. The number of nitrogens with one attached hydrogen (secondary N) is 1. The van der Waals surface area contributed by atoms with Crippen LogP contribution >= 0.6 is 23.2 Å². The average Bonchev–Trinajstić information content (AvgIpc) is 2.21. The molecule has 1 rings (SSSR count). The third-order valence-electron chi connectivity index (χ3n) is 2.28. The maximum Gasteiger partial charge on any atom is 0.0453 e. The number of benzene rings is 1. The van der Waals surface area contributed by atoms with Crippen LogP contribution < -0.4 is 5.32 Å². The van der Waals surface area contributed by atoms with E-state index in [0.717, 1.165) is 23.7 Å². The van der Waals surface area contributed by atoms with Gasteiger partial charge < -0.3 is 5.32 Å². The highest BCUT2D eigenvalue weighted by Gasteiger charge is 2.02. The topological polar surface area (TPSA) is 12.0 Å². The molecule has 0 heterocycles. The Morgan fingerprint density at radius 3 is 2.73 bits per heavy atom. The van der Waals surface area contributed by atoms with Crippen molar-refractivity contribution >= 4 is 23.2 Å². The van der Waals surface area contributed by atoms with Crippen LogP contribution in [0.15, 0.2) is 18.2 Å². The van der Waals surface area contributed by atoms with Crippen LogP contribution in [-0.4, -0.2) is 12.4 Å². The third kappa shape index (κ3) is 4.42. The molecule has 1 N–H and O–H groups in total. The largest absolute Gasteiger partial charge is 0.312 e. The smallest absolute Gasteiger partial charge is 0.0453 e. The van der Waals surface area contributed by atoms with Gasteiger partial charge in [0.15, 0.2) is 0 Å². The van der Waals surface area contributed by atoms with Crippen molar-refractivity contribution in [1.82, 2.24) is 5.32 Å². The quantitative estimate of drug-likeness (QED) is 0.782. The predicted molar refractivity (Wildman–Crippen MR) is 67.8 cm³/mol. The lowest BCUT2D eigenvalue weighted by Gasteiger charge is -2.10. The van der Waals surface area contributed by atoms with E-state index < -0.39 is 0 Å². The fraction of sp³-hybridized carbons (Fsp3) is 0.500. The Morgan fingerprint density at radius 2 is 2.13 bits per heavy atom. The molecule has 0 bridgehead atoms. The Balaban J connectivity index is 2.44. The first-order chi connectivity index (χ1) is 7.13. The first kappa shape index (κ1) is 12.8. The van der Waals surface area contributed by atoms with Gasteiger partial charge in [0.05, 0.1) is 0 Å². The van der Waals surface area contributed by atoms with E-state index in [-0.39, 0.29) is 0 Å². The van der Waals surface area contributed by atoms with E-state index in [1.54, 1.807) is 0 Å². The molecule has 1 aromatic rings. The van der Waals surface area contributed by atoms with E-state index in [1.165, 1.54) is 5.56 Å². The monoisotopic (exact) mass is 245 g/mol. The fourth-order valence-corrected chi connectivity index (χ4v) is 1.71. The first-order valence-electron chi connectivity index (χ1n) is 5.15. The minimum absolute atomic E-state index is 0.496. The molecule has 15 heavy (non-hydrogen) atoms. The molecule has 0 saturated heterocycles. The predicted octanol–water partition coefficient (Wildman–Crippen LogP) is 3.61. The van der Waals surface area contributed by atoms with Crippen molar-refractivity contribution in [3.63, 3.8) is 0 Å². The number of hydrogen-bond donors (Lipinski definition) is 1. The molecule has 3 heteroatoms. The van der Waals surface area contributed by atoms with Crippen LogP contribution in [0.25, 0.3) is 0 Å². The summed E-state index contributed by atoms with van der Waals surface area (Å²) < 4.78 is 0. The Bertz CT molecular complexity index is 312. The second-order valence-corrected chi connectivity index (χ2v) is 4.70. The van der Waals surface area contributed by atoms with Crippen molar-refractivity contribution in [2.75, 3.05) is 12.4 Å². The zero-order valence-corrected chi connectivity index (χ0v) is 10.7. The molecule has 1 unspecified atom stereocenters. The summed E-state index contributed by atoms with van der Waals surface area (Å²) in [6.45, 7) is 5.89. The summed E-state index contributed by atoms with van der Waals surface area (Å²) >= 11 is 11.8. The van der Waals surface area contributed by atoms with Crippen LogP contribution in [-0.2, 0) is 6.54 Å². The molecule has 0 fully saturated rings. The number of rotatable bonds is 5. The van der Waals surface area contributed by atoms with Crippen molar-refractivity contribution in [3.05, 3.63) is 34.3 Å². The van der Waals surface area contributed by atoms with Gasteiger partial charge in [-0.25, -0.2) is 0 Å². The summed E-state index contributed by atoms with van der Waals surface area (Å²) in [5.41, 5.74) is 2.34. The van der Waals surface area contributed by atoms with Crippen LogP contribution in [0, 0.1) is 12.8 Å². The highest BCUT2D eigenvalue weighted by molar-refractivity contribution is 6.31. The maximum atomic E-state index is 6.11. The minimum atomic E-state index is 0.496. The lowest BCUT2D eigenvalue weighted by molar-refractivity contribution is 0.557. The number of alkyl halides is 1. The molecule has 0 aromatic heterocycles. The molecular weight excluding hydrogens is 229 g/mol. The van der Waals surface area contributed by atoms with Crippen molar-refractivity contribution in [3.8, 4) is 0 Å².